The molecule has 0 unspecified atom stereocenters. The molecule has 0 aliphatic carbocycles. The maximum absolute atomic E-state index is 14.6. The monoisotopic (exact) mass is 423 g/mol. The first-order valence-corrected chi connectivity index (χ1v) is 10.4. The number of rotatable bonds is 4. The largest absolute Gasteiger partial charge is 0.268 e. The van der Waals surface area contributed by atoms with E-state index in [2.05, 4.69) is 0 Å². The number of sulfonamides is 1. The highest BCUT2D eigenvalue weighted by molar-refractivity contribution is 7.90. The molecule has 0 saturated heterocycles. The van der Waals surface area contributed by atoms with Crippen molar-refractivity contribution in [3.8, 4) is 11.1 Å². The SMILES string of the molecule is O=C(NS(=O)(=O)c1cccc2ccccc12)c1ccc(-c2ccc(F)cc2)cc1F. The molecular formula is C23H15F2NO3S. The molecule has 0 bridgehead atoms. The summed E-state index contributed by atoms with van der Waals surface area (Å²) in [5.74, 6) is -2.39. The van der Waals surface area contributed by atoms with Gasteiger partial charge in [0.1, 0.15) is 11.6 Å². The maximum atomic E-state index is 14.6. The quantitative estimate of drug-likeness (QED) is 0.508. The van der Waals surface area contributed by atoms with Gasteiger partial charge in [-0.3, -0.25) is 4.79 Å². The first-order chi connectivity index (χ1) is 14.3. The minimum absolute atomic E-state index is 0.0720. The second-order valence-electron chi connectivity index (χ2n) is 6.61. The van der Waals surface area contributed by atoms with Crippen LogP contribution in [0.25, 0.3) is 21.9 Å². The number of carbonyl (C=O) groups excluding carboxylic acids is 1. The summed E-state index contributed by atoms with van der Waals surface area (Å²) in [5.41, 5.74) is 0.580. The van der Waals surface area contributed by atoms with Gasteiger partial charge >= 0.3 is 0 Å². The van der Waals surface area contributed by atoms with Crippen LogP contribution in [0.15, 0.2) is 89.8 Å². The number of amides is 1. The molecule has 0 aliphatic rings. The average molecular weight is 423 g/mol. The molecule has 0 radical (unpaired) electrons. The molecule has 7 heteroatoms. The van der Waals surface area contributed by atoms with E-state index in [1.54, 1.807) is 36.4 Å². The van der Waals surface area contributed by atoms with E-state index in [-0.39, 0.29) is 4.90 Å². The summed E-state index contributed by atoms with van der Waals surface area (Å²) >= 11 is 0. The van der Waals surface area contributed by atoms with Gasteiger partial charge in [-0.1, -0.05) is 54.6 Å². The van der Waals surface area contributed by atoms with Gasteiger partial charge in [-0.15, -0.1) is 0 Å². The van der Waals surface area contributed by atoms with Crippen molar-refractivity contribution in [1.29, 1.82) is 0 Å². The van der Waals surface area contributed by atoms with Gasteiger partial charge in [0, 0.05) is 5.39 Å². The molecule has 1 amide bonds. The van der Waals surface area contributed by atoms with Crippen LogP contribution in [0.1, 0.15) is 10.4 Å². The molecule has 0 fully saturated rings. The van der Waals surface area contributed by atoms with E-state index in [0.29, 0.717) is 21.9 Å². The Balaban J connectivity index is 1.64. The van der Waals surface area contributed by atoms with Crippen molar-refractivity contribution in [2.75, 3.05) is 0 Å². The number of carbonyl (C=O) groups is 1. The lowest BCUT2D eigenvalue weighted by atomic mass is 10.0. The lowest BCUT2D eigenvalue weighted by Crippen LogP contribution is -2.31. The molecule has 0 aromatic heterocycles. The van der Waals surface area contributed by atoms with Gasteiger partial charge < -0.3 is 0 Å². The molecule has 150 valence electrons. The fraction of sp³-hybridized carbons (Fsp3) is 0. The van der Waals surface area contributed by atoms with Crippen molar-refractivity contribution >= 4 is 26.7 Å². The lowest BCUT2D eigenvalue weighted by Gasteiger charge is -2.11. The summed E-state index contributed by atoms with van der Waals surface area (Å²) < 4.78 is 55.1. The summed E-state index contributed by atoms with van der Waals surface area (Å²) in [6.07, 6.45) is 0. The third-order valence-corrected chi connectivity index (χ3v) is 6.05. The highest BCUT2D eigenvalue weighted by Crippen LogP contribution is 2.25. The van der Waals surface area contributed by atoms with Crippen LogP contribution in [0.2, 0.25) is 0 Å². The normalized spacial score (nSPS) is 11.4. The van der Waals surface area contributed by atoms with E-state index < -0.39 is 33.1 Å². The molecule has 4 aromatic rings. The number of hydrogen-bond acceptors (Lipinski definition) is 3. The Morgan fingerprint density at radius 3 is 2.17 bits per heavy atom. The Kier molecular flexibility index (Phi) is 5.05. The Morgan fingerprint density at radius 2 is 1.43 bits per heavy atom. The number of nitrogens with one attached hydrogen (secondary N) is 1. The predicted molar refractivity (Wildman–Crippen MR) is 110 cm³/mol. The van der Waals surface area contributed by atoms with Crippen molar-refractivity contribution in [1.82, 2.24) is 4.72 Å². The molecule has 0 saturated carbocycles. The topological polar surface area (TPSA) is 63.2 Å². The zero-order chi connectivity index (χ0) is 21.3. The second kappa shape index (κ2) is 7.68. The molecule has 4 rings (SSSR count). The van der Waals surface area contributed by atoms with Gasteiger partial charge in [-0.05, 0) is 46.8 Å². The third-order valence-electron chi connectivity index (χ3n) is 4.66. The highest BCUT2D eigenvalue weighted by atomic mass is 32.2. The van der Waals surface area contributed by atoms with Gasteiger partial charge in [-0.25, -0.2) is 21.9 Å². The molecular weight excluding hydrogens is 408 g/mol. The van der Waals surface area contributed by atoms with Crippen molar-refractivity contribution < 1.29 is 22.0 Å². The molecule has 30 heavy (non-hydrogen) atoms. The Hall–Kier alpha value is -3.58. The summed E-state index contributed by atoms with van der Waals surface area (Å²) in [5, 5.41) is 1.15. The summed E-state index contributed by atoms with van der Waals surface area (Å²) in [4.78, 5) is 12.4. The van der Waals surface area contributed by atoms with Crippen LogP contribution in [-0.4, -0.2) is 14.3 Å². The van der Waals surface area contributed by atoms with Crippen LogP contribution < -0.4 is 4.72 Å². The second-order valence-corrected chi connectivity index (χ2v) is 8.26. The lowest BCUT2D eigenvalue weighted by molar-refractivity contribution is 0.0977. The van der Waals surface area contributed by atoms with Crippen molar-refractivity contribution in [3.63, 3.8) is 0 Å². The van der Waals surface area contributed by atoms with Gasteiger partial charge in [0.15, 0.2) is 0 Å². The number of hydrogen-bond donors (Lipinski definition) is 1. The Bertz CT molecular complexity index is 1360. The highest BCUT2D eigenvalue weighted by Gasteiger charge is 2.23. The Labute approximate surface area is 171 Å². The average Bonchev–Trinajstić information content (AvgIpc) is 2.73. The molecule has 4 aromatic carbocycles. The number of benzene rings is 4. The summed E-state index contributed by atoms with van der Waals surface area (Å²) in [6, 6.07) is 20.8. The van der Waals surface area contributed by atoms with Crippen LogP contribution in [-0.2, 0) is 10.0 Å². The predicted octanol–water partition coefficient (Wildman–Crippen LogP) is 4.90. The molecule has 0 spiro atoms. The maximum Gasteiger partial charge on any atom is 0.267 e. The summed E-state index contributed by atoms with van der Waals surface area (Å²) in [7, 11) is -4.23. The minimum atomic E-state index is -4.23. The summed E-state index contributed by atoms with van der Waals surface area (Å²) in [6.45, 7) is 0. The van der Waals surface area contributed by atoms with Gasteiger partial charge in [0.25, 0.3) is 15.9 Å². The van der Waals surface area contributed by atoms with E-state index in [9.17, 15) is 22.0 Å². The first-order valence-electron chi connectivity index (χ1n) is 8.95. The molecule has 1 N–H and O–H groups in total. The van der Waals surface area contributed by atoms with Crippen LogP contribution in [0.4, 0.5) is 8.78 Å². The van der Waals surface area contributed by atoms with E-state index in [4.69, 9.17) is 0 Å². The number of halogens is 2. The van der Waals surface area contributed by atoms with E-state index >= 15 is 0 Å². The zero-order valence-electron chi connectivity index (χ0n) is 15.5. The molecule has 0 heterocycles. The minimum Gasteiger partial charge on any atom is -0.268 e. The van der Waals surface area contributed by atoms with Crippen molar-refractivity contribution in [2.24, 2.45) is 0 Å². The smallest absolute Gasteiger partial charge is 0.267 e. The Morgan fingerprint density at radius 1 is 0.767 bits per heavy atom. The molecule has 4 nitrogen and oxygen atoms in total. The zero-order valence-corrected chi connectivity index (χ0v) is 16.3. The fourth-order valence-electron chi connectivity index (χ4n) is 3.18. The van der Waals surface area contributed by atoms with E-state index in [0.717, 1.165) is 6.07 Å². The van der Waals surface area contributed by atoms with Gasteiger partial charge in [-0.2, -0.15) is 0 Å². The van der Waals surface area contributed by atoms with Crippen LogP contribution >= 0.6 is 0 Å². The molecule has 0 aliphatic heterocycles. The third kappa shape index (κ3) is 3.79. The van der Waals surface area contributed by atoms with Crippen molar-refractivity contribution in [3.05, 3.63) is 102 Å². The van der Waals surface area contributed by atoms with Crippen molar-refractivity contribution in [2.45, 2.75) is 4.90 Å². The molecule has 0 atom stereocenters. The van der Waals surface area contributed by atoms with Crippen LogP contribution in [0, 0.1) is 11.6 Å². The first kappa shape index (κ1) is 19.7. The fourth-order valence-corrected chi connectivity index (χ4v) is 4.38. The van der Waals surface area contributed by atoms with E-state index in [1.807, 2.05) is 4.72 Å². The van der Waals surface area contributed by atoms with Crippen LogP contribution in [0.5, 0.6) is 0 Å². The number of fused-ring (bicyclic) bond motifs is 1. The van der Waals surface area contributed by atoms with Gasteiger partial charge in [0.05, 0.1) is 10.5 Å². The van der Waals surface area contributed by atoms with E-state index in [1.165, 1.54) is 42.5 Å². The standard InChI is InChI=1S/C23H15F2NO3S/c24-18-11-8-15(9-12-18)17-10-13-20(21(25)14-17)23(27)26-30(28,29)22-7-3-5-16-4-1-2-6-19(16)22/h1-14H,(H,26,27). The van der Waals surface area contributed by atoms with Gasteiger partial charge in [0.2, 0.25) is 0 Å². The van der Waals surface area contributed by atoms with Crippen LogP contribution in [0.3, 0.4) is 0 Å².